The van der Waals surface area contributed by atoms with Gasteiger partial charge in [-0.2, -0.15) is 0 Å². The Morgan fingerprint density at radius 1 is 0.926 bits per heavy atom. The Hall–Kier alpha value is -5.22. The number of hydrogen-bond acceptors (Lipinski definition) is 10. The van der Waals surface area contributed by atoms with Crippen LogP contribution in [0.2, 0.25) is 0 Å². The maximum atomic E-state index is 14.3. The van der Waals surface area contributed by atoms with Crippen molar-refractivity contribution in [3.8, 4) is 29.1 Å². The molecule has 0 spiro atoms. The van der Waals surface area contributed by atoms with E-state index in [1.807, 2.05) is 24.3 Å². The van der Waals surface area contributed by atoms with Crippen molar-refractivity contribution >= 4 is 33.2 Å². The zero-order valence-electron chi connectivity index (χ0n) is 38.8. The summed E-state index contributed by atoms with van der Waals surface area (Å²) in [6.07, 6.45) is 12.7. The van der Waals surface area contributed by atoms with Gasteiger partial charge in [-0.15, -0.1) is 0 Å². The number of H-pyrrole nitrogens is 1. The molecule has 2 heterocycles. The first-order valence-electron chi connectivity index (χ1n) is 24.2. The van der Waals surface area contributed by atoms with Crippen molar-refractivity contribution in [2.45, 2.75) is 108 Å². The van der Waals surface area contributed by atoms with Crippen molar-refractivity contribution in [2.24, 2.45) is 34.1 Å². The third-order valence-electron chi connectivity index (χ3n) is 15.3. The van der Waals surface area contributed by atoms with Crippen LogP contribution in [0, 0.1) is 34.5 Å². The highest BCUT2D eigenvalue weighted by molar-refractivity contribution is 8.76. The molecule has 9 rings (SSSR count). The molecular weight excluding hydrogens is 887 g/mol. The van der Waals surface area contributed by atoms with Gasteiger partial charge in [0.15, 0.2) is 23.1 Å². The molecule has 8 N–H and O–H groups in total. The van der Waals surface area contributed by atoms with Crippen LogP contribution in [0.15, 0.2) is 103 Å². The molecule has 8 bridgehead atoms. The number of phenols is 2. The number of aromatic amines is 1. The topological polar surface area (TPSA) is 172 Å². The zero-order valence-corrected chi connectivity index (χ0v) is 40.5. The van der Waals surface area contributed by atoms with E-state index in [1.165, 1.54) is 5.56 Å². The van der Waals surface area contributed by atoms with E-state index in [2.05, 4.69) is 66.2 Å². The third-order valence-corrected chi connectivity index (χ3v) is 17.8. The van der Waals surface area contributed by atoms with Gasteiger partial charge in [0, 0.05) is 70.7 Å². The quantitative estimate of drug-likeness (QED) is 0.0547. The fourth-order valence-electron chi connectivity index (χ4n) is 11.5. The van der Waals surface area contributed by atoms with Gasteiger partial charge in [-0.3, -0.25) is 9.59 Å². The highest BCUT2D eigenvalue weighted by Gasteiger charge is 2.59. The number of nitrogens with two attached hydrogens (primary N) is 2. The average molecular weight is 950 g/mol. The van der Waals surface area contributed by atoms with Crippen LogP contribution in [0.3, 0.4) is 0 Å². The van der Waals surface area contributed by atoms with Crippen LogP contribution in [0.1, 0.15) is 131 Å². The Kier molecular flexibility index (Phi) is 14.6. The Labute approximate surface area is 408 Å². The number of ketones is 2. The van der Waals surface area contributed by atoms with Gasteiger partial charge in [0.05, 0.1) is 25.3 Å². The molecule has 354 valence electrons. The number of benzene rings is 4. The van der Waals surface area contributed by atoms with E-state index in [0.717, 1.165) is 77.8 Å². The molecule has 4 aliphatic rings. The van der Waals surface area contributed by atoms with Gasteiger partial charge >= 0.3 is 0 Å². The number of aromatic nitrogens is 1. The van der Waals surface area contributed by atoms with Crippen LogP contribution in [-0.2, 0) is 36.2 Å². The first kappa shape index (κ1) is 47.8. The zero-order chi connectivity index (χ0) is 47.4. The smallest absolute Gasteiger partial charge is 0.165 e. The molecule has 11 heteroatoms. The van der Waals surface area contributed by atoms with Crippen LogP contribution < -0.4 is 16.2 Å². The molecular formula is C57H63N3O6S2. The second-order valence-corrected chi connectivity index (χ2v) is 22.4. The first-order valence-corrected chi connectivity index (χ1v) is 26.7. The molecule has 6 atom stereocenters. The summed E-state index contributed by atoms with van der Waals surface area (Å²) in [4.78, 5) is 31.2. The van der Waals surface area contributed by atoms with Gasteiger partial charge < -0.3 is 36.5 Å². The van der Waals surface area contributed by atoms with Crippen LogP contribution in [-0.4, -0.2) is 50.3 Å². The van der Waals surface area contributed by atoms with E-state index in [0.29, 0.717) is 72.1 Å². The summed E-state index contributed by atoms with van der Waals surface area (Å²) in [7, 11) is 3.48. The van der Waals surface area contributed by atoms with E-state index in [1.54, 1.807) is 58.1 Å². The number of carbonyl (C=O) groups excluding carboxylic acids is 2. The number of nitrogens with one attached hydrogen (secondary N) is 1. The molecule has 1 aliphatic heterocycles. The number of carbonyl (C=O) groups is 2. The van der Waals surface area contributed by atoms with Gasteiger partial charge in [-0.25, -0.2) is 0 Å². The SMILES string of the molecule is CC(CCc1ccccc1)CC1CCC23CSSCc4cc5c(cc4C(N)N)C#CCc4[nH]ccc4C(=O)CC5c4cc(ccc4O)CCOc4cc(ccc4O)CCC(=O)C=CC1(CC2O)C3. The minimum absolute atomic E-state index is 0.0120. The largest absolute Gasteiger partial charge is 0.508 e. The van der Waals surface area contributed by atoms with Crippen LogP contribution in [0.25, 0.3) is 0 Å². The summed E-state index contributed by atoms with van der Waals surface area (Å²) < 4.78 is 6.18. The lowest BCUT2D eigenvalue weighted by Gasteiger charge is -2.45. The maximum absolute atomic E-state index is 14.3. The second kappa shape index (κ2) is 20.8. The first-order chi connectivity index (χ1) is 32.9. The van der Waals surface area contributed by atoms with Crippen LogP contribution in [0.5, 0.6) is 17.2 Å². The average Bonchev–Trinajstić information content (AvgIpc) is 3.90. The number of aliphatic hydroxyl groups is 1. The molecule has 4 aromatic carbocycles. The summed E-state index contributed by atoms with van der Waals surface area (Å²) in [6, 6.07) is 27.2. The molecule has 0 saturated heterocycles. The fraction of sp³-hybridized carbons (Fsp3) is 0.404. The lowest BCUT2D eigenvalue weighted by atomic mass is 9.61. The molecule has 5 aromatic rings. The molecule has 68 heavy (non-hydrogen) atoms. The number of ether oxygens (including phenoxy) is 1. The summed E-state index contributed by atoms with van der Waals surface area (Å²) in [6.45, 7) is 2.59. The molecule has 2 saturated carbocycles. The number of phenolic OH excluding ortho intramolecular Hbond substituents is 2. The normalized spacial score (nSPS) is 24.7. The van der Waals surface area contributed by atoms with Gasteiger partial charge in [0.2, 0.25) is 0 Å². The number of allylic oxidation sites excluding steroid dienone is 2. The van der Waals surface area contributed by atoms with Crippen molar-refractivity contribution in [1.29, 1.82) is 0 Å². The monoisotopic (exact) mass is 949 g/mol. The number of fused-ring (bicyclic) bond motifs is 7. The lowest BCUT2D eigenvalue weighted by molar-refractivity contribution is -0.114. The number of aryl methyl sites for hydroxylation is 2. The maximum Gasteiger partial charge on any atom is 0.165 e. The van der Waals surface area contributed by atoms with Crippen molar-refractivity contribution in [2.75, 3.05) is 12.4 Å². The van der Waals surface area contributed by atoms with E-state index < -0.39 is 18.2 Å². The number of aliphatic hydroxyl groups excluding tert-OH is 1. The summed E-state index contributed by atoms with van der Waals surface area (Å²) in [5.74, 6) is 8.68. The fourth-order valence-corrected chi connectivity index (χ4v) is 14.3. The van der Waals surface area contributed by atoms with Gasteiger partial charge in [-0.05, 0) is 138 Å². The van der Waals surface area contributed by atoms with Gasteiger partial charge in [-0.1, -0.05) is 101 Å². The lowest BCUT2D eigenvalue weighted by Crippen LogP contribution is -2.38. The van der Waals surface area contributed by atoms with Crippen molar-refractivity contribution in [3.05, 3.63) is 159 Å². The van der Waals surface area contributed by atoms with Crippen molar-refractivity contribution in [1.82, 2.24) is 4.98 Å². The van der Waals surface area contributed by atoms with Crippen LogP contribution >= 0.6 is 21.6 Å². The van der Waals surface area contributed by atoms with E-state index in [-0.39, 0.29) is 46.9 Å². The third kappa shape index (κ3) is 10.5. The summed E-state index contributed by atoms with van der Waals surface area (Å²) in [5.41, 5.74) is 20.7. The number of rotatable bonds is 6. The van der Waals surface area contributed by atoms with Gasteiger partial charge in [0.1, 0.15) is 5.75 Å². The Balaban J connectivity index is 1.06. The highest BCUT2D eigenvalue weighted by Crippen LogP contribution is 2.64. The molecule has 9 nitrogen and oxygen atoms in total. The minimum Gasteiger partial charge on any atom is -0.508 e. The Morgan fingerprint density at radius 2 is 1.74 bits per heavy atom. The number of hydrogen-bond donors (Lipinski definition) is 6. The Bertz CT molecular complexity index is 2740. The van der Waals surface area contributed by atoms with Crippen molar-refractivity contribution < 1.29 is 29.6 Å². The predicted molar refractivity (Wildman–Crippen MR) is 273 cm³/mol. The molecule has 0 amide bonds. The minimum atomic E-state index is -0.781. The standard InChI is InChI=1S/C57H63N3O6S2/c1-36(10-11-37-6-3-2-4-7-37)26-42-18-22-57-34-56(42,32-54(57)65)23-19-43(61)15-12-38-14-17-51(63)53(28-38)66-25-21-39-13-16-50(62)48(27-39)47-31-52(64)44-20-24-60-49(44)9-5-8-40-29-46(55(58)59)41(30-45(40)47)33-67-68-35-57/h2-4,6-7,13-14,16-17,19-20,23-24,27-30,36,42,47,54-55,60,62-63,65H,9-12,15,18,21-22,25-26,31-35,58-59H2,1H3. The Morgan fingerprint density at radius 3 is 2.56 bits per heavy atom. The van der Waals surface area contributed by atoms with Gasteiger partial charge in [0.25, 0.3) is 0 Å². The molecule has 2 fully saturated rings. The molecule has 3 aliphatic carbocycles. The van der Waals surface area contributed by atoms with E-state index in [4.69, 9.17) is 16.2 Å². The molecule has 6 unspecified atom stereocenters. The highest BCUT2D eigenvalue weighted by atomic mass is 33.1. The van der Waals surface area contributed by atoms with E-state index in [9.17, 15) is 24.9 Å². The van der Waals surface area contributed by atoms with E-state index >= 15 is 0 Å². The van der Waals surface area contributed by atoms with Crippen molar-refractivity contribution in [3.63, 3.8) is 0 Å². The molecule has 1 aromatic heterocycles. The number of aromatic hydroxyl groups is 2. The van der Waals surface area contributed by atoms with Crippen LogP contribution in [0.4, 0.5) is 0 Å². The second-order valence-electron chi connectivity index (χ2n) is 19.9. The molecule has 0 radical (unpaired) electrons. The summed E-state index contributed by atoms with van der Waals surface area (Å²) in [5, 5.41) is 34.6. The number of Topliss-reactive ketones (excluding diaryl/α,β-unsaturated/α-hetero) is 1. The predicted octanol–water partition coefficient (Wildman–Crippen LogP) is 10.4. The summed E-state index contributed by atoms with van der Waals surface area (Å²) >= 11 is 0.